The van der Waals surface area contributed by atoms with Crippen molar-refractivity contribution in [2.45, 2.75) is 71.9 Å². The van der Waals surface area contributed by atoms with Crippen LogP contribution in [0.5, 0.6) is 0 Å². The number of aryl methyl sites for hydroxylation is 2. The van der Waals surface area contributed by atoms with Crippen LogP contribution in [0.15, 0.2) is 0 Å². The second-order valence-corrected chi connectivity index (χ2v) is 6.11. The Labute approximate surface area is 128 Å². The van der Waals surface area contributed by atoms with Crippen LogP contribution in [-0.4, -0.2) is 40.4 Å². The molecular formula is C16H29N5. The van der Waals surface area contributed by atoms with Gasteiger partial charge in [-0.05, 0) is 46.1 Å². The molecule has 1 N–H and O–H groups in total. The van der Waals surface area contributed by atoms with Gasteiger partial charge >= 0.3 is 0 Å². The molecule has 5 heteroatoms. The van der Waals surface area contributed by atoms with Gasteiger partial charge in [0.2, 0.25) is 5.95 Å². The van der Waals surface area contributed by atoms with Gasteiger partial charge < -0.3 is 10.2 Å². The minimum Gasteiger partial charge on any atom is -0.336 e. The number of hydrogen-bond acceptors (Lipinski definition) is 5. The van der Waals surface area contributed by atoms with Crippen molar-refractivity contribution in [2.75, 3.05) is 18.0 Å². The maximum absolute atomic E-state index is 4.77. The third-order valence-electron chi connectivity index (χ3n) is 4.21. The van der Waals surface area contributed by atoms with E-state index in [1.807, 2.05) is 0 Å². The van der Waals surface area contributed by atoms with Crippen molar-refractivity contribution in [3.8, 4) is 0 Å². The molecule has 118 valence electrons. The third-order valence-corrected chi connectivity index (χ3v) is 4.21. The summed E-state index contributed by atoms with van der Waals surface area (Å²) in [5, 5.41) is 12.4. The SMILES string of the molecule is CCc1nnc(N(CC2CCCCN2)C(C)C)nc1CC. The van der Waals surface area contributed by atoms with Crippen LogP contribution >= 0.6 is 0 Å². The van der Waals surface area contributed by atoms with Gasteiger partial charge in [-0.25, -0.2) is 4.98 Å². The molecule has 0 radical (unpaired) electrons. The fourth-order valence-electron chi connectivity index (χ4n) is 2.89. The van der Waals surface area contributed by atoms with Crippen molar-refractivity contribution in [1.29, 1.82) is 0 Å². The first kappa shape index (κ1) is 16.1. The topological polar surface area (TPSA) is 53.9 Å². The van der Waals surface area contributed by atoms with Crippen LogP contribution in [0.3, 0.4) is 0 Å². The molecule has 1 unspecified atom stereocenters. The highest BCUT2D eigenvalue weighted by Crippen LogP contribution is 2.16. The summed E-state index contributed by atoms with van der Waals surface area (Å²) in [6, 6.07) is 0.924. The minimum atomic E-state index is 0.382. The molecule has 0 aliphatic carbocycles. The summed E-state index contributed by atoms with van der Waals surface area (Å²) in [6.45, 7) is 10.7. The first-order valence-corrected chi connectivity index (χ1v) is 8.38. The number of hydrogen-bond donors (Lipinski definition) is 1. The van der Waals surface area contributed by atoms with Gasteiger partial charge in [0, 0.05) is 18.6 Å². The lowest BCUT2D eigenvalue weighted by atomic mass is 10.0. The molecule has 0 spiro atoms. The van der Waals surface area contributed by atoms with E-state index in [0.29, 0.717) is 12.1 Å². The molecule has 1 fully saturated rings. The zero-order chi connectivity index (χ0) is 15.2. The normalized spacial score (nSPS) is 19.0. The van der Waals surface area contributed by atoms with Gasteiger partial charge in [-0.1, -0.05) is 20.3 Å². The Balaban J connectivity index is 2.17. The molecule has 0 saturated carbocycles. The van der Waals surface area contributed by atoms with Gasteiger partial charge in [0.1, 0.15) is 0 Å². The van der Waals surface area contributed by atoms with Crippen molar-refractivity contribution in [3.63, 3.8) is 0 Å². The maximum atomic E-state index is 4.77. The summed E-state index contributed by atoms with van der Waals surface area (Å²) in [4.78, 5) is 7.06. The van der Waals surface area contributed by atoms with Crippen LogP contribution in [0.2, 0.25) is 0 Å². The van der Waals surface area contributed by atoms with E-state index in [1.54, 1.807) is 0 Å². The average Bonchev–Trinajstić information content (AvgIpc) is 2.52. The van der Waals surface area contributed by atoms with E-state index >= 15 is 0 Å². The molecule has 1 aliphatic heterocycles. The first-order chi connectivity index (χ1) is 10.2. The molecule has 5 nitrogen and oxygen atoms in total. The van der Waals surface area contributed by atoms with Crippen LogP contribution in [0.4, 0.5) is 5.95 Å². The number of aromatic nitrogens is 3. The smallest absolute Gasteiger partial charge is 0.245 e. The zero-order valence-electron chi connectivity index (χ0n) is 13.9. The summed E-state index contributed by atoms with van der Waals surface area (Å²) in [5.41, 5.74) is 2.12. The number of anilines is 1. The lowest BCUT2D eigenvalue weighted by molar-refractivity contribution is 0.391. The van der Waals surface area contributed by atoms with Crippen molar-refractivity contribution < 1.29 is 0 Å². The second kappa shape index (κ2) is 7.69. The van der Waals surface area contributed by atoms with Crippen LogP contribution < -0.4 is 10.2 Å². The Hall–Kier alpha value is -1.23. The molecule has 1 aromatic heterocycles. The fraction of sp³-hybridized carbons (Fsp3) is 0.812. The van der Waals surface area contributed by atoms with E-state index in [2.05, 4.69) is 48.1 Å². The van der Waals surface area contributed by atoms with Crippen molar-refractivity contribution >= 4 is 5.95 Å². The van der Waals surface area contributed by atoms with Gasteiger partial charge in [-0.2, -0.15) is 5.10 Å². The molecule has 2 heterocycles. The molecule has 0 aromatic carbocycles. The Morgan fingerprint density at radius 2 is 1.90 bits per heavy atom. The number of nitrogens with zero attached hydrogens (tertiary/aromatic N) is 4. The summed E-state index contributed by atoms with van der Waals surface area (Å²) < 4.78 is 0. The number of nitrogens with one attached hydrogen (secondary N) is 1. The lowest BCUT2D eigenvalue weighted by Crippen LogP contribution is -2.46. The minimum absolute atomic E-state index is 0.382. The Kier molecular flexibility index (Phi) is 5.91. The molecule has 1 atom stereocenters. The average molecular weight is 291 g/mol. The number of rotatable bonds is 6. The van der Waals surface area contributed by atoms with E-state index < -0.39 is 0 Å². The highest BCUT2D eigenvalue weighted by Gasteiger charge is 2.21. The summed E-state index contributed by atoms with van der Waals surface area (Å²) >= 11 is 0. The van der Waals surface area contributed by atoms with E-state index in [4.69, 9.17) is 4.98 Å². The van der Waals surface area contributed by atoms with E-state index in [-0.39, 0.29) is 0 Å². The summed E-state index contributed by atoms with van der Waals surface area (Å²) in [7, 11) is 0. The van der Waals surface area contributed by atoms with E-state index in [1.165, 1.54) is 19.3 Å². The Morgan fingerprint density at radius 3 is 2.48 bits per heavy atom. The van der Waals surface area contributed by atoms with Crippen LogP contribution in [0.25, 0.3) is 0 Å². The monoisotopic (exact) mass is 291 g/mol. The molecule has 2 rings (SSSR count). The molecule has 21 heavy (non-hydrogen) atoms. The fourth-order valence-corrected chi connectivity index (χ4v) is 2.89. The van der Waals surface area contributed by atoms with E-state index in [9.17, 15) is 0 Å². The second-order valence-electron chi connectivity index (χ2n) is 6.11. The van der Waals surface area contributed by atoms with Crippen molar-refractivity contribution in [1.82, 2.24) is 20.5 Å². The van der Waals surface area contributed by atoms with Gasteiger partial charge in [-0.3, -0.25) is 0 Å². The largest absolute Gasteiger partial charge is 0.336 e. The van der Waals surface area contributed by atoms with Crippen molar-refractivity contribution in [2.24, 2.45) is 0 Å². The first-order valence-electron chi connectivity index (χ1n) is 8.38. The molecule has 0 amide bonds. The summed E-state index contributed by atoms with van der Waals surface area (Å²) in [6.07, 6.45) is 5.66. The third kappa shape index (κ3) is 4.13. The predicted octanol–water partition coefficient (Wildman–Crippen LogP) is 2.35. The predicted molar refractivity (Wildman–Crippen MR) is 86.7 cm³/mol. The quantitative estimate of drug-likeness (QED) is 0.872. The highest BCUT2D eigenvalue weighted by molar-refractivity contribution is 5.32. The Morgan fingerprint density at radius 1 is 1.14 bits per heavy atom. The van der Waals surface area contributed by atoms with Gasteiger partial charge in [-0.15, -0.1) is 5.10 Å². The highest BCUT2D eigenvalue weighted by atomic mass is 15.3. The molecule has 1 aromatic rings. The Bertz CT molecular complexity index is 440. The molecule has 1 saturated heterocycles. The summed E-state index contributed by atoms with van der Waals surface area (Å²) in [5.74, 6) is 0.784. The molecule has 1 aliphatic rings. The van der Waals surface area contributed by atoms with Crippen LogP contribution in [0.1, 0.15) is 58.3 Å². The van der Waals surface area contributed by atoms with Gasteiger partial charge in [0.25, 0.3) is 0 Å². The van der Waals surface area contributed by atoms with Gasteiger partial charge in [0.15, 0.2) is 0 Å². The standard InChI is InChI=1S/C16H29N5/c1-5-14-15(6-2)19-20-16(18-14)21(12(3)4)11-13-9-7-8-10-17-13/h12-13,17H,5-11H2,1-4H3. The molecule has 0 bridgehead atoms. The van der Waals surface area contributed by atoms with Crippen LogP contribution in [0, 0.1) is 0 Å². The zero-order valence-corrected chi connectivity index (χ0v) is 13.9. The van der Waals surface area contributed by atoms with Crippen LogP contribution in [-0.2, 0) is 12.8 Å². The van der Waals surface area contributed by atoms with Gasteiger partial charge in [0.05, 0.1) is 11.4 Å². The maximum Gasteiger partial charge on any atom is 0.245 e. The number of piperidine rings is 1. The van der Waals surface area contributed by atoms with Crippen molar-refractivity contribution in [3.05, 3.63) is 11.4 Å². The molecular weight excluding hydrogens is 262 g/mol. The lowest BCUT2D eigenvalue weighted by Gasteiger charge is -2.33. The van der Waals surface area contributed by atoms with E-state index in [0.717, 1.165) is 43.3 Å².